The van der Waals surface area contributed by atoms with Gasteiger partial charge in [-0.25, -0.2) is 9.67 Å². The van der Waals surface area contributed by atoms with Crippen LogP contribution in [0.3, 0.4) is 0 Å². The molecular formula is C14H17N5O2. The second kappa shape index (κ2) is 5.16. The van der Waals surface area contributed by atoms with Crippen LogP contribution in [-0.2, 0) is 4.79 Å². The molecule has 1 N–H and O–H groups in total. The third-order valence-electron chi connectivity index (χ3n) is 3.70. The summed E-state index contributed by atoms with van der Waals surface area (Å²) < 4.78 is 1.75. The molecule has 7 heteroatoms. The maximum Gasteiger partial charge on any atom is 0.308 e. The van der Waals surface area contributed by atoms with Crippen LogP contribution in [0.4, 0.5) is 5.82 Å². The number of hydrogen-bond acceptors (Lipinski definition) is 5. The molecule has 1 aliphatic rings. The molecule has 0 saturated carbocycles. The van der Waals surface area contributed by atoms with Crippen molar-refractivity contribution in [3.05, 3.63) is 29.8 Å². The number of carbonyl (C=O) groups is 1. The van der Waals surface area contributed by atoms with Crippen molar-refractivity contribution in [2.24, 2.45) is 5.92 Å². The molecule has 1 atom stereocenters. The monoisotopic (exact) mass is 287 g/mol. The van der Waals surface area contributed by atoms with Gasteiger partial charge in [0.15, 0.2) is 5.82 Å². The Kier molecular flexibility index (Phi) is 3.32. The molecule has 21 heavy (non-hydrogen) atoms. The summed E-state index contributed by atoms with van der Waals surface area (Å²) in [7, 11) is 0. The van der Waals surface area contributed by atoms with Crippen LogP contribution in [0, 0.1) is 19.8 Å². The molecule has 1 fully saturated rings. The van der Waals surface area contributed by atoms with Gasteiger partial charge in [0.2, 0.25) is 0 Å². The molecule has 0 bridgehead atoms. The molecule has 3 rings (SSSR count). The lowest BCUT2D eigenvalue weighted by molar-refractivity contribution is -0.140. The summed E-state index contributed by atoms with van der Waals surface area (Å²) in [5.41, 5.74) is 1.91. The van der Waals surface area contributed by atoms with E-state index in [1.54, 1.807) is 17.1 Å². The highest BCUT2D eigenvalue weighted by Crippen LogP contribution is 2.22. The minimum atomic E-state index is -0.750. The number of aliphatic carboxylic acids is 1. The summed E-state index contributed by atoms with van der Waals surface area (Å²) in [6.07, 6.45) is 3.97. The molecule has 7 nitrogen and oxygen atoms in total. The molecule has 3 heterocycles. The van der Waals surface area contributed by atoms with E-state index in [4.69, 9.17) is 5.11 Å². The predicted octanol–water partition coefficient (Wildman–Crippen LogP) is 1.19. The summed E-state index contributed by atoms with van der Waals surface area (Å²) in [5.74, 6) is 0.268. The Bertz CT molecular complexity index is 682. The Morgan fingerprint density at radius 3 is 2.71 bits per heavy atom. The number of hydrogen-bond donors (Lipinski definition) is 1. The topological polar surface area (TPSA) is 84.1 Å². The van der Waals surface area contributed by atoms with Crippen molar-refractivity contribution < 1.29 is 9.90 Å². The lowest BCUT2D eigenvalue weighted by Gasteiger charge is -2.17. The van der Waals surface area contributed by atoms with Crippen molar-refractivity contribution in [3.8, 4) is 5.82 Å². The van der Waals surface area contributed by atoms with Crippen LogP contribution in [0.1, 0.15) is 17.8 Å². The van der Waals surface area contributed by atoms with Crippen molar-refractivity contribution in [2.75, 3.05) is 18.0 Å². The normalized spacial score (nSPS) is 18.2. The minimum absolute atomic E-state index is 0.329. The largest absolute Gasteiger partial charge is 0.481 e. The van der Waals surface area contributed by atoms with E-state index in [9.17, 15) is 4.79 Å². The third-order valence-corrected chi connectivity index (χ3v) is 3.70. The first-order valence-corrected chi connectivity index (χ1v) is 6.88. The van der Waals surface area contributed by atoms with Crippen molar-refractivity contribution in [1.29, 1.82) is 0 Å². The Hall–Kier alpha value is -2.44. The van der Waals surface area contributed by atoms with Gasteiger partial charge >= 0.3 is 5.97 Å². The van der Waals surface area contributed by atoms with Crippen LogP contribution >= 0.6 is 0 Å². The molecule has 0 spiro atoms. The van der Waals surface area contributed by atoms with Gasteiger partial charge in [0, 0.05) is 18.8 Å². The van der Waals surface area contributed by atoms with Crippen LogP contribution in [0.2, 0.25) is 0 Å². The van der Waals surface area contributed by atoms with Crippen LogP contribution in [0.15, 0.2) is 18.5 Å². The fourth-order valence-electron chi connectivity index (χ4n) is 2.63. The number of nitrogens with zero attached hydrogens (tertiary/aromatic N) is 5. The molecule has 2 aromatic heterocycles. The SMILES string of the molecule is Cc1cc(C)n(-c2cncc(N3CCC(C(=O)O)C3)n2)n1. The second-order valence-electron chi connectivity index (χ2n) is 5.34. The van der Waals surface area contributed by atoms with Gasteiger partial charge in [-0.05, 0) is 26.3 Å². The van der Waals surface area contributed by atoms with Crippen LogP contribution in [0.5, 0.6) is 0 Å². The van der Waals surface area contributed by atoms with Gasteiger partial charge in [-0.2, -0.15) is 5.10 Å². The molecular weight excluding hydrogens is 270 g/mol. The van der Waals surface area contributed by atoms with E-state index >= 15 is 0 Å². The smallest absolute Gasteiger partial charge is 0.308 e. The first-order valence-electron chi connectivity index (χ1n) is 6.88. The van der Waals surface area contributed by atoms with E-state index in [1.807, 2.05) is 24.8 Å². The highest BCUT2D eigenvalue weighted by molar-refractivity contribution is 5.71. The number of anilines is 1. The Balaban J connectivity index is 1.87. The van der Waals surface area contributed by atoms with Gasteiger partial charge in [-0.3, -0.25) is 9.78 Å². The van der Waals surface area contributed by atoms with Gasteiger partial charge in [0.05, 0.1) is 24.0 Å². The van der Waals surface area contributed by atoms with E-state index < -0.39 is 5.97 Å². The van der Waals surface area contributed by atoms with Crippen molar-refractivity contribution in [3.63, 3.8) is 0 Å². The van der Waals surface area contributed by atoms with Crippen LogP contribution in [0.25, 0.3) is 5.82 Å². The van der Waals surface area contributed by atoms with Gasteiger partial charge in [0.25, 0.3) is 0 Å². The van der Waals surface area contributed by atoms with E-state index in [0.717, 1.165) is 11.4 Å². The van der Waals surface area contributed by atoms with E-state index in [0.29, 0.717) is 31.1 Å². The zero-order valence-electron chi connectivity index (χ0n) is 12.0. The molecule has 0 radical (unpaired) electrons. The fourth-order valence-corrected chi connectivity index (χ4v) is 2.63. The van der Waals surface area contributed by atoms with Crippen molar-refractivity contribution in [2.45, 2.75) is 20.3 Å². The number of aromatic nitrogens is 4. The number of rotatable bonds is 3. The molecule has 0 aromatic carbocycles. The maximum absolute atomic E-state index is 11.0. The van der Waals surface area contributed by atoms with Crippen LogP contribution < -0.4 is 4.90 Å². The first-order chi connectivity index (χ1) is 10.0. The maximum atomic E-state index is 11.0. The fraction of sp³-hybridized carbons (Fsp3) is 0.429. The molecule has 1 aliphatic heterocycles. The molecule has 0 aliphatic carbocycles. The van der Waals surface area contributed by atoms with Crippen molar-refractivity contribution >= 4 is 11.8 Å². The standard InChI is InChI=1S/C14H17N5O2/c1-9-5-10(2)19(17-9)13-7-15-6-12(16-13)18-4-3-11(8-18)14(20)21/h5-7,11H,3-4,8H2,1-2H3,(H,20,21). The lowest BCUT2D eigenvalue weighted by Crippen LogP contribution is -2.24. The van der Waals surface area contributed by atoms with Gasteiger partial charge in [-0.15, -0.1) is 0 Å². The summed E-state index contributed by atoms with van der Waals surface area (Å²) in [6, 6.07) is 1.98. The summed E-state index contributed by atoms with van der Waals surface area (Å²) in [4.78, 5) is 21.8. The van der Waals surface area contributed by atoms with E-state index in [2.05, 4.69) is 15.1 Å². The number of carboxylic acid groups (broad SMARTS) is 1. The summed E-state index contributed by atoms with van der Waals surface area (Å²) in [5, 5.41) is 13.5. The average molecular weight is 287 g/mol. The Morgan fingerprint density at radius 1 is 1.33 bits per heavy atom. The van der Waals surface area contributed by atoms with Crippen molar-refractivity contribution in [1.82, 2.24) is 19.7 Å². The zero-order chi connectivity index (χ0) is 15.0. The van der Waals surface area contributed by atoms with Gasteiger partial charge in [0.1, 0.15) is 5.82 Å². The second-order valence-corrected chi connectivity index (χ2v) is 5.34. The Morgan fingerprint density at radius 2 is 2.10 bits per heavy atom. The lowest BCUT2D eigenvalue weighted by atomic mass is 10.1. The molecule has 1 unspecified atom stereocenters. The molecule has 1 saturated heterocycles. The molecule has 110 valence electrons. The first kappa shape index (κ1) is 13.5. The number of aryl methyl sites for hydroxylation is 2. The van der Waals surface area contributed by atoms with E-state index in [-0.39, 0.29) is 5.92 Å². The third kappa shape index (κ3) is 2.58. The van der Waals surface area contributed by atoms with Gasteiger partial charge < -0.3 is 10.0 Å². The Labute approximate surface area is 122 Å². The summed E-state index contributed by atoms with van der Waals surface area (Å²) in [6.45, 7) is 5.06. The van der Waals surface area contributed by atoms with E-state index in [1.165, 1.54) is 0 Å². The predicted molar refractivity (Wildman–Crippen MR) is 76.6 cm³/mol. The number of carboxylic acids is 1. The highest BCUT2D eigenvalue weighted by Gasteiger charge is 2.29. The molecule has 0 amide bonds. The van der Waals surface area contributed by atoms with Gasteiger partial charge in [-0.1, -0.05) is 0 Å². The molecule has 2 aromatic rings. The summed E-state index contributed by atoms with van der Waals surface area (Å²) >= 11 is 0. The quantitative estimate of drug-likeness (QED) is 0.913. The average Bonchev–Trinajstić information content (AvgIpc) is 3.06. The highest BCUT2D eigenvalue weighted by atomic mass is 16.4. The zero-order valence-corrected chi connectivity index (χ0v) is 12.0. The minimum Gasteiger partial charge on any atom is -0.481 e. The van der Waals surface area contributed by atoms with Crippen LogP contribution in [-0.4, -0.2) is 43.9 Å².